The van der Waals surface area contributed by atoms with Gasteiger partial charge >= 0.3 is 5.97 Å². The Morgan fingerprint density at radius 2 is 2.06 bits per heavy atom. The number of benzene rings is 1. The van der Waals surface area contributed by atoms with Gasteiger partial charge in [-0.25, -0.2) is 4.98 Å². The molecule has 4 aromatic rings. The summed E-state index contributed by atoms with van der Waals surface area (Å²) >= 11 is 1.40. The minimum Gasteiger partial charge on any atom is -0.465 e. The lowest BCUT2D eigenvalue weighted by Gasteiger charge is -2.09. The number of ether oxygens (including phenoxy) is 2. The third kappa shape index (κ3) is 5.51. The van der Waals surface area contributed by atoms with Gasteiger partial charge in [0.05, 0.1) is 25.0 Å². The van der Waals surface area contributed by atoms with Crippen molar-refractivity contribution in [2.24, 2.45) is 5.73 Å². The summed E-state index contributed by atoms with van der Waals surface area (Å²) < 4.78 is 15.8. The van der Waals surface area contributed by atoms with E-state index in [1.165, 1.54) is 11.3 Å². The molecule has 0 aliphatic carbocycles. The van der Waals surface area contributed by atoms with Gasteiger partial charge < -0.3 is 24.9 Å². The molecule has 3 heterocycles. The Morgan fingerprint density at radius 1 is 1.18 bits per heavy atom. The second-order valence-electron chi connectivity index (χ2n) is 7.61. The highest BCUT2D eigenvalue weighted by Gasteiger charge is 2.18. The van der Waals surface area contributed by atoms with E-state index < -0.39 is 0 Å². The Bertz CT molecular complexity index is 1300. The lowest BCUT2D eigenvalue weighted by Crippen LogP contribution is -2.16. The predicted octanol–water partition coefficient (Wildman–Crippen LogP) is 4.39. The molecule has 1 amide bonds. The number of nitrogens with two attached hydrogens (primary N) is 1. The van der Waals surface area contributed by atoms with Gasteiger partial charge in [-0.15, -0.1) is 11.3 Å². The fourth-order valence-electron chi connectivity index (χ4n) is 3.49. The number of amides is 1. The molecule has 3 N–H and O–H groups in total. The summed E-state index contributed by atoms with van der Waals surface area (Å²) in [5.74, 6) is -0.738. The third-order valence-corrected chi connectivity index (χ3v) is 5.98. The van der Waals surface area contributed by atoms with Gasteiger partial charge in [-0.3, -0.25) is 9.59 Å². The van der Waals surface area contributed by atoms with Crippen LogP contribution in [0.2, 0.25) is 0 Å². The van der Waals surface area contributed by atoms with Crippen LogP contribution >= 0.6 is 11.3 Å². The summed E-state index contributed by atoms with van der Waals surface area (Å²) in [5, 5.41) is 7.25. The normalized spacial score (nSPS) is 11.0. The zero-order valence-corrected chi connectivity index (χ0v) is 19.5. The largest absolute Gasteiger partial charge is 0.465 e. The molecule has 176 valence electrons. The number of methoxy groups -OCH3 is 1. The standard InChI is InChI=1S/C25H25N3O5S/c1-31-7-3-8-32-22(29)12-19-14-34-15-21(19)28-25(30)20-11-18-6-9-33-24(18)23(27-20)17-5-2-4-16(10-17)13-26/h2,4-6,9-11,14-15H,3,7-8,12-13,26H2,1H3,(H,28,30). The Kier molecular flexibility index (Phi) is 7.69. The van der Waals surface area contributed by atoms with Crippen molar-refractivity contribution in [1.29, 1.82) is 0 Å². The minimum atomic E-state index is -0.382. The van der Waals surface area contributed by atoms with Gasteiger partial charge in [-0.05, 0) is 34.7 Å². The third-order valence-electron chi connectivity index (χ3n) is 5.18. The molecule has 0 radical (unpaired) electrons. The molecule has 34 heavy (non-hydrogen) atoms. The second kappa shape index (κ2) is 11.1. The van der Waals surface area contributed by atoms with Gasteiger partial charge in [-0.1, -0.05) is 18.2 Å². The number of hydrogen-bond donors (Lipinski definition) is 2. The summed E-state index contributed by atoms with van der Waals surface area (Å²) in [7, 11) is 1.60. The fraction of sp³-hybridized carbons (Fsp3) is 0.240. The second-order valence-corrected chi connectivity index (χ2v) is 8.35. The Morgan fingerprint density at radius 3 is 2.88 bits per heavy atom. The molecular weight excluding hydrogens is 454 g/mol. The molecule has 4 rings (SSSR count). The van der Waals surface area contributed by atoms with Crippen LogP contribution in [0.15, 0.2) is 57.8 Å². The first-order valence-electron chi connectivity index (χ1n) is 10.8. The number of carbonyl (C=O) groups is 2. The molecule has 9 heteroatoms. The maximum Gasteiger partial charge on any atom is 0.310 e. The lowest BCUT2D eigenvalue weighted by molar-refractivity contribution is -0.143. The molecule has 8 nitrogen and oxygen atoms in total. The maximum absolute atomic E-state index is 13.1. The number of nitrogens with one attached hydrogen (secondary N) is 1. The van der Waals surface area contributed by atoms with Crippen LogP contribution in [0.1, 0.15) is 28.0 Å². The smallest absolute Gasteiger partial charge is 0.310 e. The van der Waals surface area contributed by atoms with Crippen molar-refractivity contribution in [2.75, 3.05) is 25.6 Å². The Labute approximate surface area is 200 Å². The number of nitrogens with zero attached hydrogens (tertiary/aromatic N) is 1. The van der Waals surface area contributed by atoms with E-state index in [9.17, 15) is 9.59 Å². The molecular formula is C25H25N3O5S. The highest BCUT2D eigenvalue weighted by Crippen LogP contribution is 2.30. The van der Waals surface area contributed by atoms with Crippen LogP contribution in [0.4, 0.5) is 5.69 Å². The maximum atomic E-state index is 13.1. The van der Waals surface area contributed by atoms with Crippen LogP contribution in [-0.2, 0) is 27.2 Å². The van der Waals surface area contributed by atoms with Crippen molar-refractivity contribution in [2.45, 2.75) is 19.4 Å². The van der Waals surface area contributed by atoms with Crippen LogP contribution in [0, 0.1) is 0 Å². The topological polar surface area (TPSA) is 117 Å². The lowest BCUT2D eigenvalue weighted by atomic mass is 10.1. The average Bonchev–Trinajstić information content (AvgIpc) is 3.50. The highest BCUT2D eigenvalue weighted by molar-refractivity contribution is 7.08. The van der Waals surface area contributed by atoms with Crippen molar-refractivity contribution in [3.63, 3.8) is 0 Å². The molecule has 0 spiro atoms. The number of furan rings is 1. The SMILES string of the molecule is COCCCOC(=O)Cc1cscc1NC(=O)c1cc2ccoc2c(-c2cccc(CN)c2)n1. The number of anilines is 1. The van der Waals surface area contributed by atoms with Crippen LogP contribution in [-0.4, -0.2) is 37.2 Å². The van der Waals surface area contributed by atoms with Gasteiger partial charge in [0.15, 0.2) is 5.58 Å². The van der Waals surface area contributed by atoms with Crippen molar-refractivity contribution in [3.05, 3.63) is 70.2 Å². The number of aromatic nitrogens is 1. The van der Waals surface area contributed by atoms with E-state index in [4.69, 9.17) is 19.6 Å². The molecule has 0 saturated heterocycles. The molecule has 1 aromatic carbocycles. The Hall–Kier alpha value is -3.53. The van der Waals surface area contributed by atoms with E-state index in [1.807, 2.05) is 29.6 Å². The van der Waals surface area contributed by atoms with E-state index in [2.05, 4.69) is 10.3 Å². The molecule has 0 aliphatic rings. The van der Waals surface area contributed by atoms with Crippen molar-refractivity contribution in [1.82, 2.24) is 4.98 Å². The van der Waals surface area contributed by atoms with E-state index in [-0.39, 0.29) is 24.0 Å². The molecule has 0 unspecified atom stereocenters. The summed E-state index contributed by atoms with van der Waals surface area (Å²) in [6, 6.07) is 11.1. The van der Waals surface area contributed by atoms with E-state index in [0.717, 1.165) is 16.5 Å². The summed E-state index contributed by atoms with van der Waals surface area (Å²) in [5.41, 5.74) is 10.2. The van der Waals surface area contributed by atoms with E-state index >= 15 is 0 Å². The van der Waals surface area contributed by atoms with Crippen LogP contribution in [0.25, 0.3) is 22.2 Å². The Balaban J connectivity index is 1.53. The first-order valence-corrected chi connectivity index (χ1v) is 11.7. The van der Waals surface area contributed by atoms with Crippen molar-refractivity contribution < 1.29 is 23.5 Å². The highest BCUT2D eigenvalue weighted by atomic mass is 32.1. The summed E-state index contributed by atoms with van der Waals surface area (Å²) in [6.07, 6.45) is 2.27. The van der Waals surface area contributed by atoms with E-state index in [0.29, 0.717) is 48.7 Å². The summed E-state index contributed by atoms with van der Waals surface area (Å²) in [6.45, 7) is 1.21. The zero-order valence-electron chi connectivity index (χ0n) is 18.7. The van der Waals surface area contributed by atoms with Crippen molar-refractivity contribution >= 4 is 39.9 Å². The first kappa shape index (κ1) is 23.6. The monoisotopic (exact) mass is 479 g/mol. The number of thiophene rings is 1. The van der Waals surface area contributed by atoms with Crippen LogP contribution in [0.3, 0.4) is 0 Å². The van der Waals surface area contributed by atoms with Crippen molar-refractivity contribution in [3.8, 4) is 11.3 Å². The number of hydrogen-bond acceptors (Lipinski definition) is 8. The van der Waals surface area contributed by atoms with Crippen LogP contribution in [0.5, 0.6) is 0 Å². The fourth-order valence-corrected chi connectivity index (χ4v) is 4.27. The molecule has 0 fully saturated rings. The molecule has 0 aliphatic heterocycles. The number of carbonyl (C=O) groups excluding carboxylic acids is 2. The number of pyridine rings is 1. The summed E-state index contributed by atoms with van der Waals surface area (Å²) in [4.78, 5) is 29.9. The van der Waals surface area contributed by atoms with Gasteiger partial charge in [0.2, 0.25) is 0 Å². The quantitative estimate of drug-likeness (QED) is 0.256. The molecule has 0 atom stereocenters. The van der Waals surface area contributed by atoms with E-state index in [1.54, 1.807) is 30.9 Å². The molecule has 0 saturated carbocycles. The minimum absolute atomic E-state index is 0.0669. The molecule has 3 aromatic heterocycles. The van der Waals surface area contributed by atoms with Gasteiger partial charge in [0.25, 0.3) is 5.91 Å². The number of esters is 1. The number of rotatable bonds is 10. The van der Waals surface area contributed by atoms with Gasteiger partial charge in [0.1, 0.15) is 11.4 Å². The number of fused-ring (bicyclic) bond motifs is 1. The van der Waals surface area contributed by atoms with Gasteiger partial charge in [-0.2, -0.15) is 0 Å². The molecule has 0 bridgehead atoms. The van der Waals surface area contributed by atoms with Gasteiger partial charge in [0, 0.05) is 43.0 Å². The predicted molar refractivity (Wildman–Crippen MR) is 131 cm³/mol. The zero-order chi connectivity index (χ0) is 23.9. The first-order chi connectivity index (χ1) is 16.6. The average molecular weight is 480 g/mol. The van der Waals surface area contributed by atoms with Crippen LogP contribution < -0.4 is 11.1 Å².